The molecule has 0 N–H and O–H groups in total. The third-order valence-corrected chi connectivity index (χ3v) is 6.97. The van der Waals surface area contributed by atoms with Gasteiger partial charge in [-0.3, -0.25) is 0 Å². The summed E-state index contributed by atoms with van der Waals surface area (Å²) in [7, 11) is 2.57. The molecule has 2 aliphatic rings. The molecule has 2 fully saturated rings. The molecule has 0 aromatic heterocycles. The lowest BCUT2D eigenvalue weighted by Gasteiger charge is -2.53. The minimum absolute atomic E-state index is 0.833. The Balaban J connectivity index is 0. The Morgan fingerprint density at radius 3 is 1.45 bits per heavy atom. The summed E-state index contributed by atoms with van der Waals surface area (Å²) >= 11 is 0. The molecule has 1 heteroatoms. The summed E-state index contributed by atoms with van der Waals surface area (Å²) in [6.45, 7) is 22.6. The van der Waals surface area contributed by atoms with E-state index in [1.165, 1.54) is 107 Å². The molecule has 0 aromatic carbocycles. The normalized spacial score (nSPS) is 19.1. The van der Waals surface area contributed by atoms with Crippen LogP contribution in [0.4, 0.5) is 0 Å². The number of hydrogen-bond donors (Lipinski definition) is 0. The van der Waals surface area contributed by atoms with E-state index < -0.39 is 0 Å². The van der Waals surface area contributed by atoms with Gasteiger partial charge in [-0.05, 0) is 31.6 Å². The lowest BCUT2D eigenvalue weighted by Crippen LogP contribution is -2.65. The second-order valence-corrected chi connectivity index (χ2v) is 10.9. The van der Waals surface area contributed by atoms with Gasteiger partial charge in [-0.15, -0.1) is 0 Å². The van der Waals surface area contributed by atoms with E-state index in [2.05, 4.69) is 55.5 Å². The Morgan fingerprint density at radius 1 is 0.677 bits per heavy atom. The highest BCUT2D eigenvalue weighted by atomic mass is 15.4. The maximum Gasteiger partial charge on any atom is 0.0945 e. The fourth-order valence-corrected chi connectivity index (χ4v) is 5.48. The summed E-state index contributed by atoms with van der Waals surface area (Å²) in [5, 5.41) is 0. The highest BCUT2D eigenvalue weighted by molar-refractivity contribution is 4.84. The van der Waals surface area contributed by atoms with E-state index in [9.17, 15) is 0 Å². The third kappa shape index (κ3) is 15.4. The van der Waals surface area contributed by atoms with Gasteiger partial charge in [0, 0.05) is 18.3 Å². The van der Waals surface area contributed by atoms with Gasteiger partial charge in [0.2, 0.25) is 0 Å². The zero-order chi connectivity index (χ0) is 24.1. The van der Waals surface area contributed by atoms with Crippen LogP contribution in [0.25, 0.3) is 0 Å². The van der Waals surface area contributed by atoms with Crippen molar-refractivity contribution in [1.82, 2.24) is 0 Å². The average Bonchev–Trinajstić information content (AvgIpc) is 3.25. The van der Waals surface area contributed by atoms with E-state index >= 15 is 0 Å². The molecule has 1 aliphatic carbocycles. The van der Waals surface area contributed by atoms with Crippen molar-refractivity contribution in [2.75, 3.05) is 20.1 Å². The fourth-order valence-electron chi connectivity index (χ4n) is 5.48. The molecule has 0 amide bonds. The molecular formula is C30H66N+. The molecule has 1 saturated carbocycles. The lowest BCUT2D eigenvalue weighted by atomic mass is 9.78. The third-order valence-electron chi connectivity index (χ3n) is 6.97. The summed E-state index contributed by atoms with van der Waals surface area (Å²) < 4.78 is 1.43. The van der Waals surface area contributed by atoms with Crippen LogP contribution >= 0.6 is 0 Å². The van der Waals surface area contributed by atoms with E-state index in [-0.39, 0.29) is 0 Å². The van der Waals surface area contributed by atoms with Crippen LogP contribution in [-0.2, 0) is 0 Å². The van der Waals surface area contributed by atoms with Crippen LogP contribution in [0.1, 0.15) is 152 Å². The van der Waals surface area contributed by atoms with Crippen molar-refractivity contribution in [3.05, 3.63) is 0 Å². The number of nitrogens with zero attached hydrogens (tertiary/aromatic N) is 1. The van der Waals surface area contributed by atoms with Crippen LogP contribution in [0.3, 0.4) is 0 Å². The predicted octanol–water partition coefficient (Wildman–Crippen LogP) is 10.3. The van der Waals surface area contributed by atoms with E-state index in [1.54, 1.807) is 0 Å². The number of hydrogen-bond acceptors (Lipinski definition) is 0. The maximum atomic E-state index is 2.57. The highest BCUT2D eigenvalue weighted by Crippen LogP contribution is 2.42. The first-order chi connectivity index (χ1) is 14.9. The molecule has 0 spiro atoms. The Bertz CT molecular complexity index is 332. The van der Waals surface area contributed by atoms with Gasteiger partial charge in [0.1, 0.15) is 0 Å². The molecule has 2 unspecified atom stereocenters. The minimum Gasteiger partial charge on any atom is -0.323 e. The minimum atomic E-state index is 0.833. The second kappa shape index (κ2) is 21.8. The largest absolute Gasteiger partial charge is 0.323 e. The number of likely N-dealkylation sites (tertiary alicyclic amines) is 1. The summed E-state index contributed by atoms with van der Waals surface area (Å²) in [4.78, 5) is 0. The molecule has 1 heterocycles. The van der Waals surface area contributed by atoms with Crippen molar-refractivity contribution in [3.8, 4) is 0 Å². The quantitative estimate of drug-likeness (QED) is 0.221. The molecule has 0 radical (unpaired) electrons. The Hall–Kier alpha value is -0.0400. The van der Waals surface area contributed by atoms with Crippen LogP contribution in [0.2, 0.25) is 0 Å². The van der Waals surface area contributed by atoms with Crippen molar-refractivity contribution in [2.24, 2.45) is 17.8 Å². The first-order valence-corrected chi connectivity index (χ1v) is 14.7. The standard InChI is InChI=1S/C18H36N.C6H14.C4H10.C2H6/c1-4-6-11-16(10-5-2)18(17-12-7-8-13-17)19(3)14-9-15-19;1-3-5-6-4-2;1-4(2)3;1-2/h16-18H,4-15H2,1-3H3;3-6H2,1-2H3;4H,1-3H3;1-2H3/q+1;;;. The molecule has 190 valence electrons. The average molecular weight is 441 g/mol. The van der Waals surface area contributed by atoms with Gasteiger partial charge in [-0.25, -0.2) is 0 Å². The van der Waals surface area contributed by atoms with Gasteiger partial charge in [-0.2, -0.15) is 0 Å². The molecule has 0 aromatic rings. The van der Waals surface area contributed by atoms with E-state index in [4.69, 9.17) is 0 Å². The summed E-state index contributed by atoms with van der Waals surface area (Å²) in [5.74, 6) is 2.90. The summed E-state index contributed by atoms with van der Waals surface area (Å²) in [5.41, 5.74) is 0. The SMILES string of the molecule is CC.CC(C)C.CCCCC(CCC)C(C1CCCC1)[N+]1(C)CCC1.CCCCCC. The number of quaternary nitrogens is 1. The van der Waals surface area contributed by atoms with E-state index in [0.29, 0.717) is 0 Å². The molecule has 1 aliphatic heterocycles. The first-order valence-electron chi connectivity index (χ1n) is 14.7. The highest BCUT2D eigenvalue weighted by Gasteiger charge is 2.47. The number of rotatable bonds is 11. The van der Waals surface area contributed by atoms with Gasteiger partial charge >= 0.3 is 0 Å². The Kier molecular flexibility index (Phi) is 23.3. The van der Waals surface area contributed by atoms with Crippen molar-refractivity contribution in [3.63, 3.8) is 0 Å². The Morgan fingerprint density at radius 2 is 1.13 bits per heavy atom. The summed E-state index contributed by atoms with van der Waals surface area (Å²) in [6.07, 6.45) is 20.3. The van der Waals surface area contributed by atoms with Gasteiger partial charge in [0.15, 0.2) is 0 Å². The Labute approximate surface area is 200 Å². The van der Waals surface area contributed by atoms with Crippen LogP contribution < -0.4 is 0 Å². The molecule has 1 nitrogen and oxygen atoms in total. The van der Waals surface area contributed by atoms with Crippen LogP contribution in [0.5, 0.6) is 0 Å². The topological polar surface area (TPSA) is 0 Å². The predicted molar refractivity (Wildman–Crippen MR) is 146 cm³/mol. The first kappa shape index (κ1) is 33.1. The van der Waals surface area contributed by atoms with Crippen molar-refractivity contribution >= 4 is 0 Å². The lowest BCUT2D eigenvalue weighted by molar-refractivity contribution is -0.975. The van der Waals surface area contributed by atoms with Crippen molar-refractivity contribution in [1.29, 1.82) is 0 Å². The number of unbranched alkanes of at least 4 members (excludes halogenated alkanes) is 4. The monoisotopic (exact) mass is 441 g/mol. The van der Waals surface area contributed by atoms with Crippen molar-refractivity contribution in [2.45, 2.75) is 158 Å². The molecule has 2 atom stereocenters. The van der Waals surface area contributed by atoms with E-state index in [0.717, 1.165) is 23.8 Å². The summed E-state index contributed by atoms with van der Waals surface area (Å²) in [6, 6.07) is 1.00. The van der Waals surface area contributed by atoms with Crippen LogP contribution in [0.15, 0.2) is 0 Å². The molecule has 2 rings (SSSR count). The molecule has 1 saturated heterocycles. The second-order valence-electron chi connectivity index (χ2n) is 10.9. The zero-order valence-electron chi connectivity index (χ0n) is 24.1. The zero-order valence-corrected chi connectivity index (χ0v) is 24.1. The molecular weight excluding hydrogens is 374 g/mol. The molecule has 31 heavy (non-hydrogen) atoms. The van der Waals surface area contributed by atoms with Gasteiger partial charge in [0.05, 0.1) is 26.2 Å². The maximum absolute atomic E-state index is 2.57. The van der Waals surface area contributed by atoms with Crippen molar-refractivity contribution < 1.29 is 4.48 Å². The van der Waals surface area contributed by atoms with Crippen LogP contribution in [0, 0.1) is 17.8 Å². The van der Waals surface area contributed by atoms with E-state index in [1.807, 2.05) is 13.8 Å². The van der Waals surface area contributed by atoms with Gasteiger partial charge < -0.3 is 4.48 Å². The van der Waals surface area contributed by atoms with Gasteiger partial charge in [-0.1, -0.05) is 120 Å². The molecule has 0 bridgehead atoms. The fraction of sp³-hybridized carbons (Fsp3) is 1.00. The van der Waals surface area contributed by atoms with Crippen LogP contribution in [-0.4, -0.2) is 30.7 Å². The van der Waals surface area contributed by atoms with Gasteiger partial charge in [0.25, 0.3) is 0 Å². The smallest absolute Gasteiger partial charge is 0.0945 e.